The Hall–Kier alpha value is -1.15. The summed E-state index contributed by atoms with van der Waals surface area (Å²) in [5, 5.41) is 9.63. The number of amides is 1. The lowest BCUT2D eigenvalue weighted by molar-refractivity contribution is -0.136. The fraction of sp³-hybridized carbons (Fsp3) is 0.800. The van der Waals surface area contributed by atoms with Crippen molar-refractivity contribution in [3.63, 3.8) is 0 Å². The van der Waals surface area contributed by atoms with Crippen LogP contribution in [0.2, 0.25) is 0 Å². The molecule has 0 aromatic rings. The molecule has 1 fully saturated rings. The number of carbonyl (C=O) groups excluding carboxylic acids is 1. The highest BCUT2D eigenvalue weighted by Gasteiger charge is 2.30. The molecule has 0 saturated carbocycles. The number of aliphatic carboxylic acids is 1. The van der Waals surface area contributed by atoms with Gasteiger partial charge in [0.15, 0.2) is 15.1 Å². The average Bonchev–Trinajstić information content (AvgIpc) is 2.28. The Kier molecular flexibility index (Phi) is 5.09. The van der Waals surface area contributed by atoms with Crippen LogP contribution >= 0.6 is 0 Å². The van der Waals surface area contributed by atoms with Gasteiger partial charge in [-0.15, -0.1) is 0 Å². The highest BCUT2D eigenvalue weighted by Crippen LogP contribution is 2.07. The monoisotopic (exact) mass is 279 g/mol. The molecule has 104 valence electrons. The van der Waals surface area contributed by atoms with E-state index in [0.29, 0.717) is 26.1 Å². The quantitative estimate of drug-likeness (QED) is 0.679. The standard InChI is InChI=1S/C10H17NO6S/c1-7(10(13)14)18(15,16)6-9(12)11-8-2-4-17-5-3-8/h7-8H,2-6H2,1H3,(H,11,12)(H,13,14). The number of ether oxygens (including phenoxy) is 1. The fourth-order valence-corrected chi connectivity index (χ4v) is 2.58. The molecule has 1 unspecified atom stereocenters. The largest absolute Gasteiger partial charge is 0.480 e. The molecule has 7 nitrogen and oxygen atoms in total. The second kappa shape index (κ2) is 6.14. The maximum absolute atomic E-state index is 11.6. The molecule has 0 aromatic heterocycles. The van der Waals surface area contributed by atoms with Crippen LogP contribution in [0.1, 0.15) is 19.8 Å². The number of rotatable bonds is 5. The maximum atomic E-state index is 11.6. The predicted octanol–water partition coefficient (Wildman–Crippen LogP) is -0.830. The molecule has 0 spiro atoms. The van der Waals surface area contributed by atoms with Crippen molar-refractivity contribution in [1.29, 1.82) is 0 Å². The van der Waals surface area contributed by atoms with E-state index < -0.39 is 32.7 Å². The highest BCUT2D eigenvalue weighted by atomic mass is 32.2. The van der Waals surface area contributed by atoms with Gasteiger partial charge in [-0.25, -0.2) is 8.42 Å². The number of sulfone groups is 1. The molecule has 18 heavy (non-hydrogen) atoms. The first-order valence-corrected chi connectivity index (χ1v) is 7.36. The van der Waals surface area contributed by atoms with E-state index in [1.54, 1.807) is 0 Å². The van der Waals surface area contributed by atoms with Gasteiger partial charge in [0.05, 0.1) is 0 Å². The van der Waals surface area contributed by atoms with Gasteiger partial charge in [0.1, 0.15) is 5.75 Å². The first-order valence-electron chi connectivity index (χ1n) is 5.64. The molecule has 0 bridgehead atoms. The summed E-state index contributed by atoms with van der Waals surface area (Å²) < 4.78 is 28.2. The van der Waals surface area contributed by atoms with Gasteiger partial charge in [0.25, 0.3) is 0 Å². The van der Waals surface area contributed by atoms with Crippen LogP contribution in [-0.2, 0) is 24.2 Å². The third-order valence-corrected chi connectivity index (χ3v) is 4.75. The van der Waals surface area contributed by atoms with Crippen molar-refractivity contribution in [1.82, 2.24) is 5.32 Å². The number of hydrogen-bond donors (Lipinski definition) is 2. The molecule has 8 heteroatoms. The minimum absolute atomic E-state index is 0.0958. The van der Waals surface area contributed by atoms with Gasteiger partial charge in [0.2, 0.25) is 5.91 Å². The normalized spacial score (nSPS) is 19.2. The summed E-state index contributed by atoms with van der Waals surface area (Å²) in [4.78, 5) is 22.1. The van der Waals surface area contributed by atoms with Crippen molar-refractivity contribution in [2.75, 3.05) is 19.0 Å². The van der Waals surface area contributed by atoms with Gasteiger partial charge in [-0.3, -0.25) is 9.59 Å². The Labute approximate surface area is 105 Å². The van der Waals surface area contributed by atoms with Crippen molar-refractivity contribution in [2.24, 2.45) is 0 Å². The molecule has 1 rings (SSSR count). The summed E-state index contributed by atoms with van der Waals surface area (Å²) >= 11 is 0. The van der Waals surface area contributed by atoms with E-state index in [1.165, 1.54) is 0 Å². The zero-order valence-electron chi connectivity index (χ0n) is 10.1. The van der Waals surface area contributed by atoms with Gasteiger partial charge >= 0.3 is 5.97 Å². The number of carboxylic acid groups (broad SMARTS) is 1. The fourth-order valence-electron chi connectivity index (χ4n) is 1.57. The molecule has 1 atom stereocenters. The summed E-state index contributed by atoms with van der Waals surface area (Å²) in [6.07, 6.45) is 1.28. The molecule has 0 aromatic carbocycles. The molecule has 0 aliphatic carbocycles. The van der Waals surface area contributed by atoms with Crippen molar-refractivity contribution in [2.45, 2.75) is 31.1 Å². The Morgan fingerprint density at radius 2 is 1.94 bits per heavy atom. The topological polar surface area (TPSA) is 110 Å². The van der Waals surface area contributed by atoms with Crippen LogP contribution in [0.25, 0.3) is 0 Å². The minimum atomic E-state index is -3.95. The van der Waals surface area contributed by atoms with E-state index in [2.05, 4.69) is 5.32 Å². The van der Waals surface area contributed by atoms with E-state index in [1.807, 2.05) is 0 Å². The summed E-state index contributed by atoms with van der Waals surface area (Å²) in [7, 11) is -3.95. The van der Waals surface area contributed by atoms with Crippen LogP contribution in [0, 0.1) is 0 Å². The van der Waals surface area contributed by atoms with E-state index in [-0.39, 0.29) is 6.04 Å². The summed E-state index contributed by atoms with van der Waals surface area (Å²) in [6, 6.07) is -0.0958. The van der Waals surface area contributed by atoms with E-state index in [9.17, 15) is 18.0 Å². The van der Waals surface area contributed by atoms with Crippen molar-refractivity contribution < 1.29 is 27.9 Å². The predicted molar refractivity (Wildman–Crippen MR) is 62.9 cm³/mol. The molecule has 1 amide bonds. The van der Waals surface area contributed by atoms with E-state index in [0.717, 1.165) is 6.92 Å². The van der Waals surface area contributed by atoms with Gasteiger partial charge < -0.3 is 15.2 Å². The zero-order chi connectivity index (χ0) is 13.8. The summed E-state index contributed by atoms with van der Waals surface area (Å²) in [5.41, 5.74) is 0. The smallest absolute Gasteiger partial charge is 0.321 e. The van der Waals surface area contributed by atoms with Crippen molar-refractivity contribution in [3.8, 4) is 0 Å². The van der Waals surface area contributed by atoms with Gasteiger partial charge in [-0.1, -0.05) is 0 Å². The first kappa shape index (κ1) is 14.9. The second-order valence-corrected chi connectivity index (χ2v) is 6.56. The Balaban J connectivity index is 2.51. The second-order valence-electron chi connectivity index (χ2n) is 4.24. The van der Waals surface area contributed by atoms with Crippen LogP contribution in [-0.4, -0.2) is 55.7 Å². The number of carboxylic acids is 1. The zero-order valence-corrected chi connectivity index (χ0v) is 10.9. The number of nitrogens with one attached hydrogen (secondary N) is 1. The minimum Gasteiger partial charge on any atom is -0.480 e. The summed E-state index contributed by atoms with van der Waals surface area (Å²) in [5.74, 6) is -2.90. The van der Waals surface area contributed by atoms with Crippen molar-refractivity contribution >= 4 is 21.7 Å². The average molecular weight is 279 g/mol. The van der Waals surface area contributed by atoms with Crippen LogP contribution in [0.3, 0.4) is 0 Å². The van der Waals surface area contributed by atoms with Gasteiger partial charge in [-0.2, -0.15) is 0 Å². The van der Waals surface area contributed by atoms with Crippen LogP contribution < -0.4 is 5.32 Å². The molecule has 1 aliphatic rings. The van der Waals surface area contributed by atoms with Crippen LogP contribution in [0.4, 0.5) is 0 Å². The lowest BCUT2D eigenvalue weighted by Crippen LogP contribution is -2.43. The first-order chi connectivity index (χ1) is 8.33. The summed E-state index contributed by atoms with van der Waals surface area (Å²) in [6.45, 7) is 2.12. The molecule has 1 aliphatic heterocycles. The molecular formula is C10H17NO6S. The lowest BCUT2D eigenvalue weighted by atomic mass is 10.1. The van der Waals surface area contributed by atoms with Crippen LogP contribution in [0.15, 0.2) is 0 Å². The molecule has 0 radical (unpaired) electrons. The van der Waals surface area contributed by atoms with Gasteiger partial charge in [0, 0.05) is 19.3 Å². The Morgan fingerprint density at radius 1 is 1.39 bits per heavy atom. The molecule has 1 saturated heterocycles. The van der Waals surface area contributed by atoms with E-state index in [4.69, 9.17) is 9.84 Å². The van der Waals surface area contributed by atoms with Crippen molar-refractivity contribution in [3.05, 3.63) is 0 Å². The number of carbonyl (C=O) groups is 2. The third-order valence-electron chi connectivity index (χ3n) is 2.81. The Bertz CT molecular complexity index is 412. The Morgan fingerprint density at radius 3 is 2.44 bits per heavy atom. The number of hydrogen-bond acceptors (Lipinski definition) is 5. The van der Waals surface area contributed by atoms with E-state index >= 15 is 0 Å². The molecule has 1 heterocycles. The van der Waals surface area contributed by atoms with Crippen LogP contribution in [0.5, 0.6) is 0 Å². The lowest BCUT2D eigenvalue weighted by Gasteiger charge is -2.23. The maximum Gasteiger partial charge on any atom is 0.321 e. The van der Waals surface area contributed by atoms with Gasteiger partial charge in [-0.05, 0) is 19.8 Å². The molecular weight excluding hydrogens is 262 g/mol. The SMILES string of the molecule is CC(C(=O)O)S(=O)(=O)CC(=O)NC1CCOCC1. The third kappa shape index (κ3) is 4.26. The molecule has 2 N–H and O–H groups in total. The highest BCUT2D eigenvalue weighted by molar-refractivity contribution is 7.93.